The molecule has 174 valence electrons. The van der Waals surface area contributed by atoms with E-state index in [0.717, 1.165) is 54.7 Å². The topological polar surface area (TPSA) is 54.9 Å². The molecule has 1 atom stereocenters. The van der Waals surface area contributed by atoms with Crippen LogP contribution in [-0.2, 0) is 11.3 Å². The molecule has 6 nitrogen and oxygen atoms in total. The minimum absolute atomic E-state index is 0.0844. The summed E-state index contributed by atoms with van der Waals surface area (Å²) in [5.74, 6) is -0.000591. The van der Waals surface area contributed by atoms with E-state index in [9.17, 15) is 13.6 Å². The maximum atomic E-state index is 13.8. The summed E-state index contributed by atoms with van der Waals surface area (Å²) in [5.41, 5.74) is 2.76. The molecule has 2 aromatic carbocycles. The molecule has 3 heterocycles. The quantitative estimate of drug-likeness (QED) is 0.486. The van der Waals surface area contributed by atoms with E-state index >= 15 is 0 Å². The molecule has 3 aromatic rings. The van der Waals surface area contributed by atoms with Gasteiger partial charge in [0.05, 0.1) is 25.0 Å². The Labute approximate surface area is 196 Å². The average molecular weight is 463 g/mol. The Morgan fingerprint density at radius 2 is 1.82 bits per heavy atom. The molecule has 1 amide bonds. The van der Waals surface area contributed by atoms with Crippen LogP contribution in [-0.4, -0.2) is 36.2 Å². The van der Waals surface area contributed by atoms with E-state index in [-0.39, 0.29) is 17.8 Å². The van der Waals surface area contributed by atoms with Gasteiger partial charge in [0.15, 0.2) is 6.10 Å². The fourth-order valence-electron chi connectivity index (χ4n) is 4.24. The minimum Gasteiger partial charge on any atom is -0.496 e. The fourth-order valence-corrected chi connectivity index (χ4v) is 4.24. The van der Waals surface area contributed by atoms with Gasteiger partial charge in [0.25, 0.3) is 0 Å². The molecule has 8 heteroatoms. The first kappa shape index (κ1) is 21.9. The van der Waals surface area contributed by atoms with Gasteiger partial charge in [-0.3, -0.25) is 4.90 Å². The van der Waals surface area contributed by atoms with Crippen molar-refractivity contribution in [1.82, 2.24) is 9.88 Å². The van der Waals surface area contributed by atoms with E-state index in [4.69, 9.17) is 14.5 Å². The van der Waals surface area contributed by atoms with Gasteiger partial charge in [0, 0.05) is 35.8 Å². The monoisotopic (exact) mass is 463 g/mol. The van der Waals surface area contributed by atoms with Gasteiger partial charge in [-0.15, -0.1) is 0 Å². The molecule has 0 bridgehead atoms. The molecule has 0 radical (unpaired) electrons. The van der Waals surface area contributed by atoms with Crippen LogP contribution in [0.2, 0.25) is 0 Å². The standard InChI is InChI=1S/C26H23F2N3O3/c1-16-25(17-12-18(27)14-19(28)13-17)34-26(32)31(16)15-22-20(21-6-3-4-7-23(21)33-2)8-9-24(29-22)30-10-5-11-30/h3-4,6-9,12-14,25H,1,5,10-11,15H2,2H3. The Bertz CT molecular complexity index is 1260. The van der Waals surface area contributed by atoms with Crippen molar-refractivity contribution in [3.63, 3.8) is 0 Å². The molecule has 2 saturated heterocycles. The molecule has 0 saturated carbocycles. The van der Waals surface area contributed by atoms with Gasteiger partial charge in [0.1, 0.15) is 23.2 Å². The predicted molar refractivity (Wildman–Crippen MR) is 123 cm³/mol. The second-order valence-corrected chi connectivity index (χ2v) is 8.25. The Balaban J connectivity index is 1.51. The van der Waals surface area contributed by atoms with Crippen LogP contribution >= 0.6 is 0 Å². The molecular formula is C26H23F2N3O3. The molecule has 1 aromatic heterocycles. The van der Waals surface area contributed by atoms with E-state index in [1.165, 1.54) is 4.90 Å². The second kappa shape index (κ2) is 8.78. The first-order valence-corrected chi connectivity index (χ1v) is 11.0. The van der Waals surface area contributed by atoms with Gasteiger partial charge in [-0.2, -0.15) is 0 Å². The van der Waals surface area contributed by atoms with Gasteiger partial charge < -0.3 is 14.4 Å². The summed E-state index contributed by atoms with van der Waals surface area (Å²) >= 11 is 0. The van der Waals surface area contributed by atoms with Crippen LogP contribution in [0.3, 0.4) is 0 Å². The van der Waals surface area contributed by atoms with E-state index in [1.54, 1.807) is 7.11 Å². The van der Waals surface area contributed by atoms with Gasteiger partial charge >= 0.3 is 6.09 Å². The second-order valence-electron chi connectivity index (χ2n) is 8.25. The van der Waals surface area contributed by atoms with Crippen LogP contribution in [0, 0.1) is 11.6 Å². The third kappa shape index (κ3) is 3.96. The number of carbonyl (C=O) groups is 1. The summed E-state index contributed by atoms with van der Waals surface area (Å²) in [6, 6.07) is 14.5. The molecule has 2 fully saturated rings. The number of anilines is 1. The van der Waals surface area contributed by atoms with Crippen molar-refractivity contribution in [2.75, 3.05) is 25.1 Å². The minimum atomic E-state index is -0.981. The van der Waals surface area contributed by atoms with E-state index in [0.29, 0.717) is 11.4 Å². The van der Waals surface area contributed by atoms with Crippen LogP contribution in [0.4, 0.5) is 19.4 Å². The molecule has 1 unspecified atom stereocenters. The summed E-state index contributed by atoms with van der Waals surface area (Å²) in [5, 5.41) is 0. The third-order valence-corrected chi connectivity index (χ3v) is 6.12. The molecule has 0 aliphatic carbocycles. The van der Waals surface area contributed by atoms with Crippen molar-refractivity contribution < 1.29 is 23.0 Å². The number of cyclic esters (lactones) is 1. The Hall–Kier alpha value is -3.94. The first-order valence-electron chi connectivity index (χ1n) is 11.0. The summed E-state index contributed by atoms with van der Waals surface area (Å²) in [7, 11) is 1.60. The van der Waals surface area contributed by atoms with E-state index in [2.05, 4.69) is 11.5 Å². The Kier molecular flexibility index (Phi) is 5.65. The number of hydrogen-bond acceptors (Lipinski definition) is 5. The highest BCUT2D eigenvalue weighted by Crippen LogP contribution is 2.39. The number of hydrogen-bond donors (Lipinski definition) is 0. The van der Waals surface area contributed by atoms with Crippen molar-refractivity contribution in [3.05, 3.63) is 89.8 Å². The van der Waals surface area contributed by atoms with Crippen LogP contribution in [0.25, 0.3) is 11.1 Å². The molecular weight excluding hydrogens is 440 g/mol. The lowest BCUT2D eigenvalue weighted by Gasteiger charge is -2.32. The number of methoxy groups -OCH3 is 1. The van der Waals surface area contributed by atoms with Gasteiger partial charge in [-0.05, 0) is 36.8 Å². The maximum absolute atomic E-state index is 13.8. The molecule has 34 heavy (non-hydrogen) atoms. The highest BCUT2D eigenvalue weighted by Gasteiger charge is 2.38. The number of ether oxygens (including phenoxy) is 2. The summed E-state index contributed by atoms with van der Waals surface area (Å²) in [4.78, 5) is 21.2. The molecule has 2 aliphatic rings. The lowest BCUT2D eigenvalue weighted by atomic mass is 10.0. The molecule has 2 aliphatic heterocycles. The zero-order chi connectivity index (χ0) is 23.8. The highest BCUT2D eigenvalue weighted by molar-refractivity contribution is 5.77. The zero-order valence-corrected chi connectivity index (χ0v) is 18.6. The third-order valence-electron chi connectivity index (χ3n) is 6.12. The smallest absolute Gasteiger partial charge is 0.415 e. The lowest BCUT2D eigenvalue weighted by Crippen LogP contribution is -2.37. The number of benzene rings is 2. The van der Waals surface area contributed by atoms with E-state index in [1.807, 2.05) is 36.4 Å². The Morgan fingerprint density at radius 1 is 1.09 bits per heavy atom. The number of amides is 1. The Morgan fingerprint density at radius 3 is 2.50 bits per heavy atom. The summed E-state index contributed by atoms with van der Waals surface area (Å²) < 4.78 is 38.5. The van der Waals surface area contributed by atoms with Crippen LogP contribution in [0.5, 0.6) is 5.75 Å². The summed E-state index contributed by atoms with van der Waals surface area (Å²) in [6.07, 6.45) is -0.528. The van der Waals surface area contributed by atoms with Crippen LogP contribution < -0.4 is 9.64 Å². The van der Waals surface area contributed by atoms with Crippen LogP contribution in [0.15, 0.2) is 66.9 Å². The molecule has 0 N–H and O–H groups in total. The number of para-hydroxylation sites is 1. The highest BCUT2D eigenvalue weighted by atomic mass is 19.1. The zero-order valence-electron chi connectivity index (χ0n) is 18.6. The van der Waals surface area contributed by atoms with Gasteiger partial charge in [0.2, 0.25) is 0 Å². The fraction of sp³-hybridized carbons (Fsp3) is 0.231. The SMILES string of the molecule is C=C1C(c2cc(F)cc(F)c2)OC(=O)N1Cc1nc(N2CCC2)ccc1-c1ccccc1OC. The lowest BCUT2D eigenvalue weighted by molar-refractivity contribution is 0.132. The van der Waals surface area contributed by atoms with Crippen molar-refractivity contribution >= 4 is 11.9 Å². The number of rotatable bonds is 6. The molecule has 0 spiro atoms. The van der Waals surface area contributed by atoms with E-state index < -0.39 is 23.8 Å². The van der Waals surface area contributed by atoms with Crippen molar-refractivity contribution in [3.8, 4) is 16.9 Å². The number of pyridine rings is 1. The van der Waals surface area contributed by atoms with Crippen molar-refractivity contribution in [1.29, 1.82) is 0 Å². The average Bonchev–Trinajstić information content (AvgIpc) is 3.06. The van der Waals surface area contributed by atoms with Gasteiger partial charge in [-0.25, -0.2) is 18.6 Å². The van der Waals surface area contributed by atoms with Crippen molar-refractivity contribution in [2.24, 2.45) is 0 Å². The van der Waals surface area contributed by atoms with Crippen molar-refractivity contribution in [2.45, 2.75) is 19.1 Å². The number of carbonyl (C=O) groups excluding carboxylic acids is 1. The number of halogens is 2. The van der Waals surface area contributed by atoms with Crippen LogP contribution in [0.1, 0.15) is 23.8 Å². The maximum Gasteiger partial charge on any atom is 0.415 e. The number of nitrogens with zero attached hydrogens (tertiary/aromatic N) is 3. The first-order chi connectivity index (χ1) is 16.4. The normalized spacial score (nSPS) is 17.6. The molecule has 5 rings (SSSR count). The van der Waals surface area contributed by atoms with Gasteiger partial charge in [-0.1, -0.05) is 24.8 Å². The predicted octanol–water partition coefficient (Wildman–Crippen LogP) is 5.45. The number of aromatic nitrogens is 1. The largest absolute Gasteiger partial charge is 0.496 e. The summed E-state index contributed by atoms with van der Waals surface area (Å²) in [6.45, 7) is 5.92.